The second-order valence-corrected chi connectivity index (χ2v) is 3.54. The normalized spacial score (nSPS) is 30.7. The summed E-state index contributed by atoms with van der Waals surface area (Å²) in [5, 5.41) is 13.1. The van der Waals surface area contributed by atoms with Crippen molar-refractivity contribution in [3.05, 3.63) is 11.6 Å². The summed E-state index contributed by atoms with van der Waals surface area (Å²) in [6.45, 7) is 4.16. The van der Waals surface area contributed by atoms with Crippen LogP contribution in [0.3, 0.4) is 0 Å². The molecule has 2 unspecified atom stereocenters. The van der Waals surface area contributed by atoms with Crippen LogP contribution < -0.4 is 5.32 Å². The Morgan fingerprint density at radius 1 is 1.64 bits per heavy atom. The van der Waals surface area contributed by atoms with Gasteiger partial charge in [0.15, 0.2) is 0 Å². The molecule has 1 aliphatic carbocycles. The molecule has 3 heteroatoms. The van der Waals surface area contributed by atoms with Crippen LogP contribution in [-0.2, 0) is 0 Å². The lowest BCUT2D eigenvalue weighted by atomic mass is 10.2. The van der Waals surface area contributed by atoms with Crippen LogP contribution in [0.2, 0.25) is 0 Å². The van der Waals surface area contributed by atoms with Crippen molar-refractivity contribution in [3.63, 3.8) is 0 Å². The molecule has 1 rings (SSSR count). The first-order chi connectivity index (χ1) is 5.20. The molecule has 2 N–H and O–H groups in total. The first-order valence-corrected chi connectivity index (χ1v) is 4.32. The molecule has 0 radical (unpaired) electrons. The minimum Gasteiger partial charge on any atom is -0.392 e. The van der Waals surface area contributed by atoms with Gasteiger partial charge in [-0.2, -0.15) is 0 Å². The van der Waals surface area contributed by atoms with E-state index >= 15 is 0 Å². The highest BCUT2D eigenvalue weighted by Gasteiger charge is 2.24. The molecule has 0 heterocycles. The monoisotopic (exact) mass is 175 g/mol. The Balaban J connectivity index is 2.20. The molecule has 0 aliphatic heterocycles. The fourth-order valence-corrected chi connectivity index (χ4v) is 1.50. The second-order valence-electron chi connectivity index (χ2n) is 3.00. The van der Waals surface area contributed by atoms with E-state index in [4.69, 9.17) is 11.6 Å². The van der Waals surface area contributed by atoms with Gasteiger partial charge in [0, 0.05) is 17.6 Å². The van der Waals surface area contributed by atoms with E-state index in [1.54, 1.807) is 0 Å². The van der Waals surface area contributed by atoms with Gasteiger partial charge in [-0.1, -0.05) is 18.2 Å². The first-order valence-electron chi connectivity index (χ1n) is 3.95. The van der Waals surface area contributed by atoms with E-state index in [1.807, 2.05) is 0 Å². The molecule has 2 atom stereocenters. The van der Waals surface area contributed by atoms with Crippen LogP contribution in [-0.4, -0.2) is 23.8 Å². The van der Waals surface area contributed by atoms with E-state index in [1.165, 1.54) is 0 Å². The lowest BCUT2D eigenvalue weighted by molar-refractivity contribution is 0.151. The predicted molar refractivity (Wildman–Crippen MR) is 46.6 cm³/mol. The molecule has 1 saturated carbocycles. The summed E-state index contributed by atoms with van der Waals surface area (Å²) in [6, 6.07) is 0.227. The third-order valence-electron chi connectivity index (χ3n) is 2.04. The lowest BCUT2D eigenvalue weighted by Gasteiger charge is -2.15. The number of nitrogens with one attached hydrogen (secondary N) is 1. The Kier molecular flexibility index (Phi) is 3.37. The Bertz CT molecular complexity index is 149. The van der Waals surface area contributed by atoms with Crippen molar-refractivity contribution < 1.29 is 5.11 Å². The number of aliphatic hydroxyl groups is 1. The molecule has 0 amide bonds. The smallest absolute Gasteiger partial charge is 0.0693 e. The van der Waals surface area contributed by atoms with Gasteiger partial charge >= 0.3 is 0 Å². The highest BCUT2D eigenvalue weighted by Crippen LogP contribution is 2.18. The third-order valence-corrected chi connectivity index (χ3v) is 2.17. The number of rotatable bonds is 3. The van der Waals surface area contributed by atoms with Gasteiger partial charge in [-0.3, -0.25) is 0 Å². The van der Waals surface area contributed by atoms with Gasteiger partial charge in [0.1, 0.15) is 0 Å². The van der Waals surface area contributed by atoms with Crippen molar-refractivity contribution in [2.45, 2.75) is 31.4 Å². The van der Waals surface area contributed by atoms with Crippen molar-refractivity contribution in [2.24, 2.45) is 0 Å². The molecular formula is C8H14ClNO. The molecule has 2 nitrogen and oxygen atoms in total. The maximum Gasteiger partial charge on any atom is 0.0693 e. The molecule has 1 fully saturated rings. The molecule has 0 aromatic carbocycles. The van der Waals surface area contributed by atoms with Gasteiger partial charge < -0.3 is 10.4 Å². The molecule has 0 saturated heterocycles. The number of hydrogen-bond donors (Lipinski definition) is 2. The van der Waals surface area contributed by atoms with Crippen LogP contribution in [0.1, 0.15) is 19.3 Å². The van der Waals surface area contributed by atoms with Crippen LogP contribution in [0.25, 0.3) is 0 Å². The Hall–Kier alpha value is -0.0500. The van der Waals surface area contributed by atoms with Gasteiger partial charge in [0.25, 0.3) is 0 Å². The maximum absolute atomic E-state index is 9.37. The summed E-state index contributed by atoms with van der Waals surface area (Å²) < 4.78 is 0. The number of hydrogen-bond acceptors (Lipinski definition) is 2. The predicted octanol–water partition coefficient (Wildman–Crippen LogP) is 1.24. The summed E-state index contributed by atoms with van der Waals surface area (Å²) >= 11 is 5.57. The molecule has 1 aliphatic rings. The summed E-state index contributed by atoms with van der Waals surface area (Å²) in [7, 11) is 0. The van der Waals surface area contributed by atoms with Gasteiger partial charge in [0.05, 0.1) is 6.10 Å². The van der Waals surface area contributed by atoms with E-state index in [9.17, 15) is 5.11 Å². The van der Waals surface area contributed by atoms with Crippen LogP contribution in [0.4, 0.5) is 0 Å². The maximum atomic E-state index is 9.37. The highest BCUT2D eigenvalue weighted by atomic mass is 35.5. The molecule has 0 aromatic heterocycles. The summed E-state index contributed by atoms with van der Waals surface area (Å²) in [6.07, 6.45) is 2.87. The SMILES string of the molecule is C=C(Cl)CNC1CCCC1O. The van der Waals surface area contributed by atoms with E-state index in [0.717, 1.165) is 19.3 Å². The van der Waals surface area contributed by atoms with Crippen molar-refractivity contribution in [2.75, 3.05) is 6.54 Å². The summed E-state index contributed by atoms with van der Waals surface area (Å²) in [5.41, 5.74) is 0. The average molecular weight is 176 g/mol. The number of halogens is 1. The van der Waals surface area contributed by atoms with Crippen LogP contribution in [0.5, 0.6) is 0 Å². The third kappa shape index (κ3) is 2.81. The topological polar surface area (TPSA) is 32.3 Å². The van der Waals surface area contributed by atoms with Crippen LogP contribution in [0.15, 0.2) is 11.6 Å². The zero-order valence-corrected chi connectivity index (χ0v) is 7.27. The highest BCUT2D eigenvalue weighted by molar-refractivity contribution is 6.29. The lowest BCUT2D eigenvalue weighted by Crippen LogP contribution is -2.36. The van der Waals surface area contributed by atoms with E-state index < -0.39 is 0 Å². The minimum absolute atomic E-state index is 0.189. The van der Waals surface area contributed by atoms with Gasteiger partial charge in [0.2, 0.25) is 0 Å². The molecule has 0 spiro atoms. The average Bonchev–Trinajstić information content (AvgIpc) is 2.31. The minimum atomic E-state index is -0.189. The van der Waals surface area contributed by atoms with Crippen molar-refractivity contribution in [3.8, 4) is 0 Å². The van der Waals surface area contributed by atoms with Gasteiger partial charge in [-0.25, -0.2) is 0 Å². The van der Waals surface area contributed by atoms with Crippen LogP contribution in [0, 0.1) is 0 Å². The summed E-state index contributed by atoms with van der Waals surface area (Å²) in [5.74, 6) is 0. The largest absolute Gasteiger partial charge is 0.392 e. The van der Waals surface area contributed by atoms with Gasteiger partial charge in [-0.15, -0.1) is 0 Å². The van der Waals surface area contributed by atoms with Crippen molar-refractivity contribution >= 4 is 11.6 Å². The molecular weight excluding hydrogens is 162 g/mol. The zero-order chi connectivity index (χ0) is 8.27. The number of aliphatic hydroxyl groups excluding tert-OH is 1. The molecule has 64 valence electrons. The Labute approximate surface area is 72.2 Å². The van der Waals surface area contributed by atoms with Crippen molar-refractivity contribution in [1.29, 1.82) is 0 Å². The molecule has 11 heavy (non-hydrogen) atoms. The first kappa shape index (κ1) is 9.04. The standard InChI is InChI=1S/C8H14ClNO/c1-6(9)5-10-7-3-2-4-8(7)11/h7-8,10-11H,1-5H2. The van der Waals surface area contributed by atoms with Crippen LogP contribution >= 0.6 is 11.6 Å². The Morgan fingerprint density at radius 2 is 2.36 bits per heavy atom. The second kappa shape index (κ2) is 4.10. The zero-order valence-electron chi connectivity index (χ0n) is 6.52. The van der Waals surface area contributed by atoms with E-state index in [2.05, 4.69) is 11.9 Å². The van der Waals surface area contributed by atoms with Crippen molar-refractivity contribution in [1.82, 2.24) is 5.32 Å². The molecule has 0 aromatic rings. The van der Waals surface area contributed by atoms with E-state index in [-0.39, 0.29) is 12.1 Å². The molecule has 0 bridgehead atoms. The fourth-order valence-electron chi connectivity index (χ4n) is 1.42. The van der Waals surface area contributed by atoms with Gasteiger partial charge in [-0.05, 0) is 19.3 Å². The Morgan fingerprint density at radius 3 is 2.82 bits per heavy atom. The fraction of sp³-hybridized carbons (Fsp3) is 0.750. The quantitative estimate of drug-likeness (QED) is 0.677. The van der Waals surface area contributed by atoms with E-state index in [0.29, 0.717) is 11.6 Å². The summed E-state index contributed by atoms with van der Waals surface area (Å²) in [4.78, 5) is 0.